The van der Waals surface area contributed by atoms with Crippen molar-refractivity contribution in [3.05, 3.63) is 65.4 Å². The van der Waals surface area contributed by atoms with Crippen LogP contribution in [0, 0.1) is 0 Å². The summed E-state index contributed by atoms with van der Waals surface area (Å²) >= 11 is 6.45. The van der Waals surface area contributed by atoms with Gasteiger partial charge in [-0.25, -0.2) is 23.2 Å². The summed E-state index contributed by atoms with van der Waals surface area (Å²) in [5.74, 6) is 1.86. The second kappa shape index (κ2) is 11.0. The molecule has 0 bridgehead atoms. The number of methoxy groups -OCH3 is 1. The third kappa shape index (κ3) is 5.50. The molecule has 1 aliphatic rings. The summed E-state index contributed by atoms with van der Waals surface area (Å²) in [7, 11) is -1.02. The number of urea groups is 1. The van der Waals surface area contributed by atoms with Crippen LogP contribution < -0.4 is 30.2 Å². The van der Waals surface area contributed by atoms with Gasteiger partial charge < -0.3 is 30.2 Å². The van der Waals surface area contributed by atoms with Crippen LogP contribution in [0.1, 0.15) is 5.56 Å². The predicted octanol–water partition coefficient (Wildman–Crippen LogP) is 4.56. The van der Waals surface area contributed by atoms with Crippen LogP contribution in [0.15, 0.2) is 54.9 Å². The lowest BCUT2D eigenvalue weighted by Gasteiger charge is -2.23. The standard InChI is InChI=1S/C25H22ClN5O6S/c1-35-20-11-19-21(23-22(20)36-7-8-37-23)24(28-13-27-19)29-16-5-6-18(17(26)10-16)31-25(32)30-15-4-2-3-14(9-15)12-38(33)34/h2-6,9-11,13,38H,7-8,12H2,1H3,(H,27,28,29)(H2,30,31,32). The van der Waals surface area contributed by atoms with Crippen LogP contribution in [0.3, 0.4) is 0 Å². The van der Waals surface area contributed by atoms with E-state index >= 15 is 0 Å². The van der Waals surface area contributed by atoms with Gasteiger partial charge in [0.1, 0.15) is 36.1 Å². The van der Waals surface area contributed by atoms with Crippen molar-refractivity contribution >= 4 is 62.1 Å². The molecule has 1 aromatic heterocycles. The predicted molar refractivity (Wildman–Crippen MR) is 145 cm³/mol. The molecule has 196 valence electrons. The molecule has 0 unspecified atom stereocenters. The molecule has 2 amide bonds. The van der Waals surface area contributed by atoms with Gasteiger partial charge in [-0.2, -0.15) is 0 Å². The zero-order valence-electron chi connectivity index (χ0n) is 20.0. The van der Waals surface area contributed by atoms with Crippen molar-refractivity contribution in [2.45, 2.75) is 5.75 Å². The van der Waals surface area contributed by atoms with E-state index in [0.717, 1.165) is 0 Å². The minimum absolute atomic E-state index is 0.107. The fourth-order valence-corrected chi connectivity index (χ4v) is 4.69. The Hall–Kier alpha value is -4.29. The number of thiol groups is 1. The number of aromatic nitrogens is 2. The Morgan fingerprint density at radius 3 is 2.61 bits per heavy atom. The van der Waals surface area contributed by atoms with Gasteiger partial charge >= 0.3 is 6.03 Å². The molecule has 0 radical (unpaired) electrons. The highest BCUT2D eigenvalue weighted by molar-refractivity contribution is 7.71. The molecule has 11 nitrogen and oxygen atoms in total. The Morgan fingerprint density at radius 2 is 1.84 bits per heavy atom. The molecule has 13 heteroatoms. The lowest BCUT2D eigenvalue weighted by atomic mass is 10.1. The molecule has 0 atom stereocenters. The summed E-state index contributed by atoms with van der Waals surface area (Å²) < 4.78 is 39.0. The first-order valence-electron chi connectivity index (χ1n) is 11.4. The summed E-state index contributed by atoms with van der Waals surface area (Å²) in [5.41, 5.74) is 2.62. The summed E-state index contributed by atoms with van der Waals surface area (Å²) in [6, 6.07) is 12.8. The molecular weight excluding hydrogens is 534 g/mol. The topological polar surface area (TPSA) is 141 Å². The van der Waals surface area contributed by atoms with Gasteiger partial charge in [-0.15, -0.1) is 0 Å². The number of fused-ring (bicyclic) bond motifs is 3. The van der Waals surface area contributed by atoms with Crippen LogP contribution in [0.5, 0.6) is 17.2 Å². The maximum atomic E-state index is 12.5. The van der Waals surface area contributed by atoms with E-state index in [1.54, 1.807) is 55.6 Å². The normalized spacial score (nSPS) is 12.3. The third-order valence-electron chi connectivity index (χ3n) is 5.57. The monoisotopic (exact) mass is 555 g/mol. The SMILES string of the molecule is COc1cc2ncnc(Nc3ccc(NC(=O)Nc4cccc(C[SH](=O)=O)c4)c(Cl)c3)c2c2c1OCCO2. The molecule has 0 fully saturated rings. The summed E-state index contributed by atoms with van der Waals surface area (Å²) in [6.07, 6.45) is 1.42. The molecule has 0 aliphatic carbocycles. The number of nitrogens with one attached hydrogen (secondary N) is 3. The van der Waals surface area contributed by atoms with Crippen LogP contribution in [-0.4, -0.2) is 44.7 Å². The number of nitrogens with zero attached hydrogens (tertiary/aromatic N) is 2. The van der Waals surface area contributed by atoms with Gasteiger partial charge in [0.25, 0.3) is 0 Å². The highest BCUT2D eigenvalue weighted by atomic mass is 35.5. The quantitative estimate of drug-likeness (QED) is 0.241. The van der Waals surface area contributed by atoms with Crippen LogP contribution in [0.4, 0.5) is 27.7 Å². The van der Waals surface area contributed by atoms with E-state index in [4.69, 9.17) is 25.8 Å². The lowest BCUT2D eigenvalue weighted by molar-refractivity contribution is 0.167. The number of hydrogen-bond donors (Lipinski definition) is 4. The molecule has 0 saturated carbocycles. The maximum Gasteiger partial charge on any atom is 0.323 e. The molecule has 0 saturated heterocycles. The van der Waals surface area contributed by atoms with E-state index in [1.807, 2.05) is 0 Å². The molecule has 2 heterocycles. The number of anilines is 4. The van der Waals surface area contributed by atoms with E-state index in [1.165, 1.54) is 6.33 Å². The van der Waals surface area contributed by atoms with Crippen LogP contribution in [-0.2, 0) is 16.5 Å². The second-order valence-corrected chi connectivity index (χ2v) is 9.53. The third-order valence-corrected chi connectivity index (χ3v) is 6.51. The molecule has 3 aromatic carbocycles. The minimum atomic E-state index is -2.57. The Labute approximate surface area is 224 Å². The van der Waals surface area contributed by atoms with Gasteiger partial charge in [0.15, 0.2) is 11.5 Å². The zero-order valence-corrected chi connectivity index (χ0v) is 21.6. The van der Waals surface area contributed by atoms with Crippen molar-refractivity contribution in [2.75, 3.05) is 36.3 Å². The number of carbonyl (C=O) groups excluding carboxylic acids is 1. The maximum absolute atomic E-state index is 12.5. The van der Waals surface area contributed by atoms with Gasteiger partial charge in [0.05, 0.1) is 34.5 Å². The van der Waals surface area contributed by atoms with Crippen LogP contribution in [0.2, 0.25) is 5.02 Å². The molecule has 0 spiro atoms. The first kappa shape index (κ1) is 25.4. The molecule has 1 aliphatic heterocycles. The van der Waals surface area contributed by atoms with E-state index in [-0.39, 0.29) is 10.8 Å². The lowest BCUT2D eigenvalue weighted by Crippen LogP contribution is -2.19. The average molecular weight is 556 g/mol. The molecule has 3 N–H and O–H groups in total. The number of carbonyl (C=O) groups is 1. The van der Waals surface area contributed by atoms with Gasteiger partial charge in [-0.3, -0.25) is 0 Å². The van der Waals surface area contributed by atoms with E-state index in [0.29, 0.717) is 69.8 Å². The minimum Gasteiger partial charge on any atom is -0.493 e. The smallest absolute Gasteiger partial charge is 0.323 e. The Morgan fingerprint density at radius 1 is 1.03 bits per heavy atom. The van der Waals surface area contributed by atoms with E-state index in [9.17, 15) is 13.2 Å². The number of rotatable bonds is 7. The summed E-state index contributed by atoms with van der Waals surface area (Å²) in [6.45, 7) is 0.774. The Balaban J connectivity index is 1.34. The fourth-order valence-electron chi connectivity index (χ4n) is 3.97. The Bertz CT molecular complexity index is 1610. The second-order valence-electron chi connectivity index (χ2n) is 8.14. The zero-order chi connectivity index (χ0) is 26.6. The molecule has 4 aromatic rings. The van der Waals surface area contributed by atoms with Crippen molar-refractivity contribution in [3.8, 4) is 17.2 Å². The average Bonchev–Trinajstić information content (AvgIpc) is 2.89. The van der Waals surface area contributed by atoms with Crippen LogP contribution in [0.25, 0.3) is 10.9 Å². The van der Waals surface area contributed by atoms with E-state index in [2.05, 4.69) is 25.9 Å². The largest absolute Gasteiger partial charge is 0.493 e. The highest BCUT2D eigenvalue weighted by Crippen LogP contribution is 2.47. The number of amides is 2. The number of benzene rings is 3. The first-order chi connectivity index (χ1) is 18.4. The van der Waals surface area contributed by atoms with Crippen molar-refractivity contribution in [1.29, 1.82) is 0 Å². The fraction of sp³-hybridized carbons (Fsp3) is 0.160. The van der Waals surface area contributed by atoms with Gasteiger partial charge in [-0.05, 0) is 35.9 Å². The number of ether oxygens (including phenoxy) is 3. The van der Waals surface area contributed by atoms with E-state index < -0.39 is 16.7 Å². The molecule has 38 heavy (non-hydrogen) atoms. The van der Waals surface area contributed by atoms with Crippen molar-refractivity contribution in [3.63, 3.8) is 0 Å². The molecular formula is C25H22ClN5O6S. The van der Waals surface area contributed by atoms with Crippen molar-refractivity contribution < 1.29 is 27.4 Å². The summed E-state index contributed by atoms with van der Waals surface area (Å²) in [5, 5.41) is 9.50. The van der Waals surface area contributed by atoms with Crippen molar-refractivity contribution in [2.24, 2.45) is 0 Å². The summed E-state index contributed by atoms with van der Waals surface area (Å²) in [4.78, 5) is 21.2. The van der Waals surface area contributed by atoms with Gasteiger partial charge in [-0.1, -0.05) is 23.7 Å². The highest BCUT2D eigenvalue weighted by Gasteiger charge is 2.24. The van der Waals surface area contributed by atoms with Crippen molar-refractivity contribution in [1.82, 2.24) is 9.97 Å². The van der Waals surface area contributed by atoms with Crippen LogP contribution >= 0.6 is 11.6 Å². The van der Waals surface area contributed by atoms with Gasteiger partial charge in [0.2, 0.25) is 5.75 Å². The number of hydrogen-bond acceptors (Lipinski definition) is 9. The van der Waals surface area contributed by atoms with Gasteiger partial charge in [0, 0.05) is 17.4 Å². The molecule has 5 rings (SSSR count). The number of halogens is 1. The first-order valence-corrected chi connectivity index (χ1v) is 13.1. The Kier molecular flexibility index (Phi) is 7.33.